The minimum atomic E-state index is -0.431. The number of aromatic nitrogens is 1. The summed E-state index contributed by atoms with van der Waals surface area (Å²) in [7, 11) is 0. The molecule has 156 valence electrons. The van der Waals surface area contributed by atoms with Crippen LogP contribution in [0.4, 0.5) is 0 Å². The lowest BCUT2D eigenvalue weighted by molar-refractivity contribution is 0.0464. The molecule has 0 radical (unpaired) electrons. The van der Waals surface area contributed by atoms with Crippen molar-refractivity contribution in [3.05, 3.63) is 59.8 Å². The largest absolute Gasteiger partial charge is 0.494 e. The molecule has 0 fully saturated rings. The predicted octanol–water partition coefficient (Wildman–Crippen LogP) is 4.65. The van der Waals surface area contributed by atoms with Crippen LogP contribution in [0, 0.1) is 0 Å². The zero-order chi connectivity index (χ0) is 20.8. The third-order valence-corrected chi connectivity index (χ3v) is 4.59. The molecule has 1 aliphatic heterocycles. The molecule has 30 heavy (non-hydrogen) atoms. The highest BCUT2D eigenvalue weighted by Gasteiger charge is 2.15. The lowest BCUT2D eigenvalue weighted by atomic mass is 10.1. The van der Waals surface area contributed by atoms with Gasteiger partial charge in [0.25, 0.3) is 0 Å². The number of fused-ring (bicyclic) bond motifs is 1. The molecule has 0 spiro atoms. The van der Waals surface area contributed by atoms with Crippen molar-refractivity contribution in [2.24, 2.45) is 0 Å². The fraction of sp³-hybridized carbons (Fsp3) is 0.304. The number of unbranched alkanes of at least 4 members (excludes halogenated alkanes) is 1. The maximum absolute atomic E-state index is 12.3. The maximum Gasteiger partial charge on any atom is 0.338 e. The normalized spacial score (nSPS) is 12.4. The number of esters is 1. The summed E-state index contributed by atoms with van der Waals surface area (Å²) in [6.07, 6.45) is 2.07. The van der Waals surface area contributed by atoms with E-state index in [1.807, 2.05) is 18.2 Å². The molecule has 1 aliphatic rings. The zero-order valence-electron chi connectivity index (χ0n) is 16.8. The summed E-state index contributed by atoms with van der Waals surface area (Å²) >= 11 is 0. The molecule has 3 aromatic rings. The minimum Gasteiger partial charge on any atom is -0.494 e. The lowest BCUT2D eigenvalue weighted by Crippen LogP contribution is -2.15. The summed E-state index contributed by atoms with van der Waals surface area (Å²) in [5, 5.41) is 3.98. The number of ether oxygens (including phenoxy) is 4. The Morgan fingerprint density at radius 1 is 1.03 bits per heavy atom. The van der Waals surface area contributed by atoms with Crippen molar-refractivity contribution in [1.82, 2.24) is 5.16 Å². The van der Waals surface area contributed by atoms with E-state index in [0.717, 1.165) is 24.2 Å². The fourth-order valence-electron chi connectivity index (χ4n) is 2.96. The molecular weight excluding hydrogens is 386 g/mol. The Labute approximate surface area is 174 Å². The van der Waals surface area contributed by atoms with Gasteiger partial charge in [-0.1, -0.05) is 18.5 Å². The number of carbonyl (C=O) groups excluding carboxylic acids is 1. The molecule has 0 amide bonds. The molecule has 0 aliphatic carbocycles. The van der Waals surface area contributed by atoms with Crippen molar-refractivity contribution in [1.29, 1.82) is 0 Å². The second-order valence-corrected chi connectivity index (χ2v) is 6.84. The highest BCUT2D eigenvalue weighted by Crippen LogP contribution is 2.34. The van der Waals surface area contributed by atoms with Crippen molar-refractivity contribution in [3.8, 4) is 28.6 Å². The Kier molecular flexibility index (Phi) is 6.17. The summed E-state index contributed by atoms with van der Waals surface area (Å²) in [6.45, 7) is 3.84. The van der Waals surface area contributed by atoms with Crippen molar-refractivity contribution in [2.45, 2.75) is 26.4 Å². The van der Waals surface area contributed by atoms with E-state index in [1.165, 1.54) is 0 Å². The van der Waals surface area contributed by atoms with Gasteiger partial charge >= 0.3 is 5.97 Å². The molecule has 4 rings (SSSR count). The monoisotopic (exact) mass is 409 g/mol. The van der Waals surface area contributed by atoms with Crippen molar-refractivity contribution < 1.29 is 28.3 Å². The van der Waals surface area contributed by atoms with Crippen LogP contribution < -0.4 is 14.2 Å². The molecule has 0 saturated carbocycles. The van der Waals surface area contributed by atoms with Crippen LogP contribution in [0.2, 0.25) is 0 Å². The van der Waals surface area contributed by atoms with Crippen molar-refractivity contribution >= 4 is 5.97 Å². The summed E-state index contributed by atoms with van der Waals surface area (Å²) in [5.41, 5.74) is 1.78. The van der Waals surface area contributed by atoms with E-state index >= 15 is 0 Å². The van der Waals surface area contributed by atoms with Gasteiger partial charge in [0.1, 0.15) is 31.3 Å². The first-order valence-corrected chi connectivity index (χ1v) is 9.98. The summed E-state index contributed by atoms with van der Waals surface area (Å²) in [4.78, 5) is 12.3. The number of rotatable bonds is 8. The van der Waals surface area contributed by atoms with Crippen LogP contribution >= 0.6 is 0 Å². The summed E-state index contributed by atoms with van der Waals surface area (Å²) < 4.78 is 27.4. The standard InChI is InChI=1S/C23H23NO6/c1-2-3-10-26-19-7-4-16(5-8-19)23(25)29-15-18-14-21(30-24-18)17-6-9-20-22(13-17)28-12-11-27-20/h4-9,13-14H,2-3,10-12,15H2,1H3. The van der Waals surface area contributed by atoms with Crippen LogP contribution in [-0.4, -0.2) is 30.9 Å². The Morgan fingerprint density at radius 3 is 2.63 bits per heavy atom. The quantitative estimate of drug-likeness (QED) is 0.396. The smallest absolute Gasteiger partial charge is 0.338 e. The molecule has 7 heteroatoms. The number of nitrogens with zero attached hydrogens (tertiary/aromatic N) is 1. The maximum atomic E-state index is 12.3. The van der Waals surface area contributed by atoms with Crippen molar-refractivity contribution in [3.63, 3.8) is 0 Å². The van der Waals surface area contributed by atoms with Crippen LogP contribution in [0.3, 0.4) is 0 Å². The van der Waals surface area contributed by atoms with E-state index in [-0.39, 0.29) is 6.61 Å². The van der Waals surface area contributed by atoms with E-state index in [9.17, 15) is 4.79 Å². The average molecular weight is 409 g/mol. The molecule has 0 N–H and O–H groups in total. The van der Waals surface area contributed by atoms with Crippen LogP contribution in [0.1, 0.15) is 35.8 Å². The van der Waals surface area contributed by atoms with Gasteiger partial charge in [-0.2, -0.15) is 0 Å². The summed E-state index contributed by atoms with van der Waals surface area (Å²) in [5.74, 6) is 2.25. The van der Waals surface area contributed by atoms with E-state index in [4.69, 9.17) is 23.5 Å². The SMILES string of the molecule is CCCCOc1ccc(C(=O)OCc2cc(-c3ccc4c(c3)OCCO4)on2)cc1. The highest BCUT2D eigenvalue weighted by atomic mass is 16.6. The van der Waals surface area contributed by atoms with Gasteiger partial charge in [0.05, 0.1) is 12.2 Å². The third-order valence-electron chi connectivity index (χ3n) is 4.59. The van der Waals surface area contributed by atoms with Crippen LogP contribution in [-0.2, 0) is 11.3 Å². The Hall–Kier alpha value is -3.48. The Morgan fingerprint density at radius 2 is 1.83 bits per heavy atom. The van der Waals surface area contributed by atoms with Gasteiger partial charge in [0.2, 0.25) is 0 Å². The first-order chi connectivity index (χ1) is 14.7. The first-order valence-electron chi connectivity index (χ1n) is 9.98. The molecule has 7 nitrogen and oxygen atoms in total. The fourth-order valence-corrected chi connectivity index (χ4v) is 2.96. The lowest BCUT2D eigenvalue weighted by Gasteiger charge is -2.18. The number of benzene rings is 2. The molecule has 1 aromatic heterocycles. The second-order valence-electron chi connectivity index (χ2n) is 6.84. The molecule has 2 aromatic carbocycles. The Balaban J connectivity index is 1.33. The van der Waals surface area contributed by atoms with Gasteiger partial charge in [-0.25, -0.2) is 4.79 Å². The van der Waals surface area contributed by atoms with E-state index in [2.05, 4.69) is 12.1 Å². The molecule has 2 heterocycles. The predicted molar refractivity (Wildman–Crippen MR) is 109 cm³/mol. The average Bonchev–Trinajstić information content (AvgIpc) is 3.27. The van der Waals surface area contributed by atoms with Gasteiger partial charge in [-0.15, -0.1) is 0 Å². The third kappa shape index (κ3) is 4.74. The van der Waals surface area contributed by atoms with Crippen molar-refractivity contribution in [2.75, 3.05) is 19.8 Å². The number of carbonyl (C=O) groups is 1. The van der Waals surface area contributed by atoms with E-state index in [1.54, 1.807) is 30.3 Å². The Bertz CT molecular complexity index is 995. The van der Waals surface area contributed by atoms with E-state index < -0.39 is 5.97 Å². The van der Waals surface area contributed by atoms with E-state index in [0.29, 0.717) is 48.3 Å². The molecule has 0 bridgehead atoms. The van der Waals surface area contributed by atoms with Gasteiger partial charge in [0, 0.05) is 11.6 Å². The van der Waals surface area contributed by atoms with Gasteiger partial charge < -0.3 is 23.5 Å². The van der Waals surface area contributed by atoms with Gasteiger partial charge in [0.15, 0.2) is 17.3 Å². The minimum absolute atomic E-state index is 0.0155. The van der Waals surface area contributed by atoms with Crippen LogP contribution in [0.25, 0.3) is 11.3 Å². The molecule has 0 saturated heterocycles. The molecular formula is C23H23NO6. The molecule has 0 atom stereocenters. The van der Waals surface area contributed by atoms with Gasteiger partial charge in [-0.05, 0) is 48.9 Å². The van der Waals surface area contributed by atoms with Gasteiger partial charge in [-0.3, -0.25) is 0 Å². The van der Waals surface area contributed by atoms with Crippen LogP contribution in [0.5, 0.6) is 17.2 Å². The molecule has 0 unspecified atom stereocenters. The summed E-state index contributed by atoms with van der Waals surface area (Å²) in [6, 6.07) is 14.2. The zero-order valence-corrected chi connectivity index (χ0v) is 16.8. The second kappa shape index (κ2) is 9.35. The topological polar surface area (TPSA) is 80.0 Å². The first kappa shape index (κ1) is 19.8. The number of hydrogen-bond acceptors (Lipinski definition) is 7. The highest BCUT2D eigenvalue weighted by molar-refractivity contribution is 5.89. The van der Waals surface area contributed by atoms with Crippen LogP contribution in [0.15, 0.2) is 53.1 Å². The number of hydrogen-bond donors (Lipinski definition) is 0.